The Hall–Kier alpha value is -2.18. The van der Waals surface area contributed by atoms with Crippen LogP contribution in [0.3, 0.4) is 0 Å². The summed E-state index contributed by atoms with van der Waals surface area (Å²) in [5.74, 6) is -1.81. The van der Waals surface area contributed by atoms with E-state index >= 15 is 0 Å². The number of amides is 3. The van der Waals surface area contributed by atoms with Gasteiger partial charge in [0.25, 0.3) is 0 Å². The van der Waals surface area contributed by atoms with E-state index < -0.39 is 17.7 Å². The molecule has 5 nitrogen and oxygen atoms in total. The van der Waals surface area contributed by atoms with Crippen LogP contribution in [0.5, 0.6) is 0 Å². The zero-order chi connectivity index (χ0) is 17.3. The first kappa shape index (κ1) is 16.7. The first-order valence-electron chi connectivity index (χ1n) is 8.18. The number of rotatable bonds is 2. The SMILES string of the molecule is CNC(=O)[C@@H]1CN(C(=O)Nc2ccc(F)cc2F)CC12CCCC2. The van der Waals surface area contributed by atoms with Crippen molar-refractivity contribution in [1.29, 1.82) is 0 Å². The lowest BCUT2D eigenvalue weighted by atomic mass is 9.76. The monoisotopic (exact) mass is 337 g/mol. The van der Waals surface area contributed by atoms with Crippen molar-refractivity contribution in [3.63, 3.8) is 0 Å². The molecule has 0 bridgehead atoms. The van der Waals surface area contributed by atoms with Crippen LogP contribution < -0.4 is 10.6 Å². The molecule has 2 fully saturated rings. The van der Waals surface area contributed by atoms with Crippen LogP contribution in [0.2, 0.25) is 0 Å². The molecule has 0 radical (unpaired) electrons. The fraction of sp³-hybridized carbons (Fsp3) is 0.529. The first-order valence-corrected chi connectivity index (χ1v) is 8.18. The number of carbonyl (C=O) groups is 2. The van der Waals surface area contributed by atoms with E-state index in [-0.39, 0.29) is 22.9 Å². The molecule has 1 aromatic carbocycles. The Labute approximate surface area is 139 Å². The largest absolute Gasteiger partial charge is 0.359 e. The molecule has 2 aliphatic rings. The quantitative estimate of drug-likeness (QED) is 0.872. The molecular formula is C17H21F2N3O2. The van der Waals surface area contributed by atoms with Crippen molar-refractivity contribution in [3.8, 4) is 0 Å². The van der Waals surface area contributed by atoms with Gasteiger partial charge in [-0.2, -0.15) is 0 Å². The number of carbonyl (C=O) groups excluding carboxylic acids is 2. The maximum atomic E-state index is 13.7. The van der Waals surface area contributed by atoms with Crippen LogP contribution in [0.25, 0.3) is 0 Å². The van der Waals surface area contributed by atoms with E-state index in [0.29, 0.717) is 13.1 Å². The second-order valence-electron chi connectivity index (χ2n) is 6.67. The predicted octanol–water partition coefficient (Wildman–Crippen LogP) is 2.73. The van der Waals surface area contributed by atoms with Gasteiger partial charge >= 0.3 is 6.03 Å². The Morgan fingerprint density at radius 2 is 1.96 bits per heavy atom. The van der Waals surface area contributed by atoms with Crippen molar-refractivity contribution in [2.45, 2.75) is 25.7 Å². The fourth-order valence-electron chi connectivity index (χ4n) is 4.03. The highest BCUT2D eigenvalue weighted by Gasteiger charge is 2.52. The molecule has 1 aromatic rings. The highest BCUT2D eigenvalue weighted by atomic mass is 19.1. The molecule has 1 aliphatic carbocycles. The Morgan fingerprint density at radius 3 is 2.58 bits per heavy atom. The number of hydrogen-bond donors (Lipinski definition) is 2. The summed E-state index contributed by atoms with van der Waals surface area (Å²) in [6.07, 6.45) is 3.94. The van der Waals surface area contributed by atoms with Gasteiger partial charge in [0.1, 0.15) is 11.6 Å². The molecule has 2 N–H and O–H groups in total. The van der Waals surface area contributed by atoms with Crippen molar-refractivity contribution < 1.29 is 18.4 Å². The molecule has 0 unspecified atom stereocenters. The number of likely N-dealkylation sites (tertiary alicyclic amines) is 1. The van der Waals surface area contributed by atoms with Crippen LogP contribution in [0.4, 0.5) is 19.3 Å². The Balaban J connectivity index is 1.75. The first-order chi connectivity index (χ1) is 11.4. The molecule has 1 saturated heterocycles. The summed E-state index contributed by atoms with van der Waals surface area (Å²) in [6, 6.07) is 2.55. The summed E-state index contributed by atoms with van der Waals surface area (Å²) in [7, 11) is 1.60. The van der Waals surface area contributed by atoms with Gasteiger partial charge in [-0.05, 0) is 25.0 Å². The smallest absolute Gasteiger partial charge is 0.321 e. The van der Waals surface area contributed by atoms with Crippen LogP contribution in [-0.4, -0.2) is 37.0 Å². The van der Waals surface area contributed by atoms with Crippen LogP contribution >= 0.6 is 0 Å². The Kier molecular flexibility index (Phi) is 4.43. The molecule has 130 valence electrons. The van der Waals surface area contributed by atoms with Gasteiger partial charge in [-0.25, -0.2) is 13.6 Å². The zero-order valence-electron chi connectivity index (χ0n) is 13.6. The summed E-state index contributed by atoms with van der Waals surface area (Å²) < 4.78 is 26.7. The van der Waals surface area contributed by atoms with Gasteiger partial charge in [-0.3, -0.25) is 4.79 Å². The highest BCUT2D eigenvalue weighted by Crippen LogP contribution is 2.49. The number of halogens is 2. The third-order valence-electron chi connectivity index (χ3n) is 5.27. The fourth-order valence-corrected chi connectivity index (χ4v) is 4.03. The number of anilines is 1. The number of hydrogen-bond acceptors (Lipinski definition) is 2. The third kappa shape index (κ3) is 2.95. The van der Waals surface area contributed by atoms with E-state index in [1.165, 1.54) is 6.07 Å². The van der Waals surface area contributed by atoms with Crippen LogP contribution in [0, 0.1) is 23.0 Å². The van der Waals surface area contributed by atoms with Crippen LogP contribution in [0.1, 0.15) is 25.7 Å². The van der Waals surface area contributed by atoms with E-state index in [1.807, 2.05) is 0 Å². The molecule has 1 spiro atoms. The minimum absolute atomic E-state index is 0.0554. The average Bonchev–Trinajstić information content (AvgIpc) is 3.17. The molecule has 0 aromatic heterocycles. The molecule has 1 saturated carbocycles. The molecular weight excluding hydrogens is 316 g/mol. The van der Waals surface area contributed by atoms with Crippen molar-refractivity contribution in [3.05, 3.63) is 29.8 Å². The highest BCUT2D eigenvalue weighted by molar-refractivity contribution is 5.91. The molecule has 7 heteroatoms. The minimum Gasteiger partial charge on any atom is -0.359 e. The maximum absolute atomic E-state index is 13.7. The van der Waals surface area contributed by atoms with Gasteiger partial charge in [0, 0.05) is 31.6 Å². The third-order valence-corrected chi connectivity index (χ3v) is 5.27. The van der Waals surface area contributed by atoms with Crippen molar-refractivity contribution >= 4 is 17.6 Å². The molecule has 3 rings (SSSR count). The molecule has 1 aliphatic heterocycles. The summed E-state index contributed by atoms with van der Waals surface area (Å²) in [4.78, 5) is 26.3. The van der Waals surface area contributed by atoms with E-state index in [9.17, 15) is 18.4 Å². The number of benzene rings is 1. The standard InChI is InChI=1S/C17H21F2N3O2/c1-20-15(23)12-9-22(10-17(12)6-2-3-7-17)16(24)21-14-5-4-11(18)8-13(14)19/h4-5,8,12H,2-3,6-7,9-10H2,1H3,(H,20,23)(H,21,24)/t12-/m0/s1. The second-order valence-corrected chi connectivity index (χ2v) is 6.67. The van der Waals surface area contributed by atoms with Gasteiger partial charge < -0.3 is 15.5 Å². The Bertz CT molecular complexity index is 659. The molecule has 3 amide bonds. The zero-order valence-corrected chi connectivity index (χ0v) is 13.6. The Morgan fingerprint density at radius 1 is 1.25 bits per heavy atom. The maximum Gasteiger partial charge on any atom is 0.321 e. The van der Waals surface area contributed by atoms with Gasteiger partial charge in [0.05, 0.1) is 11.6 Å². The van der Waals surface area contributed by atoms with Crippen molar-refractivity contribution in [2.75, 3.05) is 25.5 Å². The molecule has 1 atom stereocenters. The topological polar surface area (TPSA) is 61.4 Å². The van der Waals surface area contributed by atoms with E-state index in [1.54, 1.807) is 11.9 Å². The van der Waals surface area contributed by atoms with E-state index in [4.69, 9.17) is 0 Å². The summed E-state index contributed by atoms with van der Waals surface area (Å²) >= 11 is 0. The van der Waals surface area contributed by atoms with Gasteiger partial charge in [0.2, 0.25) is 5.91 Å². The lowest BCUT2D eigenvalue weighted by molar-refractivity contribution is -0.127. The number of urea groups is 1. The van der Waals surface area contributed by atoms with Crippen molar-refractivity contribution in [1.82, 2.24) is 10.2 Å². The lowest BCUT2D eigenvalue weighted by Gasteiger charge is -2.28. The lowest BCUT2D eigenvalue weighted by Crippen LogP contribution is -2.38. The van der Waals surface area contributed by atoms with Gasteiger partial charge in [-0.1, -0.05) is 12.8 Å². The molecule has 1 heterocycles. The number of nitrogens with zero attached hydrogens (tertiary/aromatic N) is 1. The minimum atomic E-state index is -0.819. The normalized spacial score (nSPS) is 22.0. The number of nitrogens with one attached hydrogen (secondary N) is 2. The summed E-state index contributed by atoms with van der Waals surface area (Å²) in [5.41, 5.74) is -0.246. The van der Waals surface area contributed by atoms with Crippen LogP contribution in [-0.2, 0) is 4.79 Å². The second kappa shape index (κ2) is 6.37. The van der Waals surface area contributed by atoms with Crippen LogP contribution in [0.15, 0.2) is 18.2 Å². The van der Waals surface area contributed by atoms with E-state index in [0.717, 1.165) is 37.8 Å². The average molecular weight is 337 g/mol. The summed E-state index contributed by atoms with van der Waals surface area (Å²) in [6.45, 7) is 0.800. The van der Waals surface area contributed by atoms with Gasteiger partial charge in [-0.15, -0.1) is 0 Å². The van der Waals surface area contributed by atoms with E-state index in [2.05, 4.69) is 10.6 Å². The summed E-state index contributed by atoms with van der Waals surface area (Å²) in [5, 5.41) is 5.16. The molecule has 24 heavy (non-hydrogen) atoms. The van der Waals surface area contributed by atoms with Crippen molar-refractivity contribution in [2.24, 2.45) is 11.3 Å². The predicted molar refractivity (Wildman–Crippen MR) is 85.4 cm³/mol. The van der Waals surface area contributed by atoms with Gasteiger partial charge in [0.15, 0.2) is 0 Å².